The molecule has 0 bridgehead atoms. The van der Waals surface area contributed by atoms with E-state index in [0.29, 0.717) is 13.0 Å². The van der Waals surface area contributed by atoms with Crippen molar-refractivity contribution < 1.29 is 24.3 Å². The minimum Gasteiger partial charge on any atom is -0.381 e. The number of amides is 5. The average molecular weight is 470 g/mol. The normalized spacial score (nSPS) is 21.8. The number of hydrogen-bond donors (Lipinski definition) is 5. The van der Waals surface area contributed by atoms with Crippen LogP contribution in [0.25, 0.3) is 0 Å². The molecule has 5 unspecified atom stereocenters. The molecule has 6 N–H and O–H groups in total. The van der Waals surface area contributed by atoms with Crippen molar-refractivity contribution >= 4 is 23.8 Å². The molecule has 1 fully saturated rings. The summed E-state index contributed by atoms with van der Waals surface area (Å²) in [5, 5.41) is 18.1. The molecule has 5 atom stereocenters. The molecule has 1 aliphatic heterocycles. The fourth-order valence-corrected chi connectivity index (χ4v) is 4.05. The lowest BCUT2D eigenvalue weighted by molar-refractivity contribution is -0.144. The van der Waals surface area contributed by atoms with Gasteiger partial charge in [-0.25, -0.2) is 4.79 Å². The van der Waals surface area contributed by atoms with Crippen LogP contribution in [0.2, 0.25) is 0 Å². The van der Waals surface area contributed by atoms with Gasteiger partial charge < -0.3 is 31.7 Å². The molecule has 1 aliphatic rings. The molecule has 0 aliphatic carbocycles. The minimum atomic E-state index is -1.54. The number of carbonyl (C=O) groups excluding carboxylic acids is 4. The van der Waals surface area contributed by atoms with Crippen molar-refractivity contribution in [2.75, 3.05) is 6.54 Å². The Kier molecular flexibility index (Phi) is 9.31. The van der Waals surface area contributed by atoms with Crippen molar-refractivity contribution in [3.8, 4) is 0 Å². The van der Waals surface area contributed by atoms with E-state index in [1.54, 1.807) is 0 Å². The van der Waals surface area contributed by atoms with Gasteiger partial charge in [0.25, 0.3) is 0 Å². The van der Waals surface area contributed by atoms with Crippen molar-refractivity contribution in [1.29, 1.82) is 0 Å². The summed E-state index contributed by atoms with van der Waals surface area (Å²) in [7, 11) is 0. The summed E-state index contributed by atoms with van der Waals surface area (Å²) in [5.41, 5.74) is 4.05. The number of hydrogen-bond acceptors (Lipinski definition) is 5. The maximum Gasteiger partial charge on any atom is 0.315 e. The molecule has 0 spiro atoms. The van der Waals surface area contributed by atoms with E-state index in [4.69, 9.17) is 5.73 Å². The van der Waals surface area contributed by atoms with Crippen LogP contribution < -0.4 is 21.7 Å². The zero-order valence-corrected chi connectivity index (χ0v) is 21.5. The summed E-state index contributed by atoms with van der Waals surface area (Å²) in [6, 6.07) is -3.03. The van der Waals surface area contributed by atoms with E-state index in [1.165, 1.54) is 11.8 Å². The standard InChI is InChI=1S/C23H43N5O5/c1-12(2)14-10-11-28(15(14)19(31)25-13(3)16(29)18(24)30)20(32)17(22(4,5)6)26-21(33)27-23(7,8)9/h12-17,29H,10-11H2,1-9H3,(H2,24,30)(H,25,31)(H2,26,27,33). The van der Waals surface area contributed by atoms with Gasteiger partial charge in [0.1, 0.15) is 12.1 Å². The van der Waals surface area contributed by atoms with E-state index in [1.807, 2.05) is 55.4 Å². The monoisotopic (exact) mass is 469 g/mol. The number of carbonyl (C=O) groups is 4. The van der Waals surface area contributed by atoms with Gasteiger partial charge in [-0.05, 0) is 51.4 Å². The number of aliphatic hydroxyl groups is 1. The fraction of sp³-hybridized carbons (Fsp3) is 0.826. The SMILES string of the molecule is CC(C)C1CCN(C(=O)C(NC(=O)NC(C)(C)C)C(C)(C)C)C1C(=O)NC(C)C(O)C(N)=O. The number of urea groups is 1. The average Bonchev–Trinajstić information content (AvgIpc) is 3.07. The molecule has 1 saturated heterocycles. The molecular weight excluding hydrogens is 426 g/mol. The molecule has 1 heterocycles. The van der Waals surface area contributed by atoms with Gasteiger partial charge in [0.15, 0.2) is 6.10 Å². The molecule has 0 aromatic heterocycles. The molecule has 0 aromatic carbocycles. The highest BCUT2D eigenvalue weighted by Gasteiger charge is 2.47. The molecule has 190 valence electrons. The molecule has 0 radical (unpaired) electrons. The van der Waals surface area contributed by atoms with Gasteiger partial charge >= 0.3 is 6.03 Å². The molecule has 10 heteroatoms. The Morgan fingerprint density at radius 1 is 1.00 bits per heavy atom. The summed E-state index contributed by atoms with van der Waals surface area (Å²) in [6.45, 7) is 16.9. The van der Waals surface area contributed by atoms with Gasteiger partial charge in [0.2, 0.25) is 17.7 Å². The molecule has 0 aromatic rings. The predicted molar refractivity (Wildman–Crippen MR) is 126 cm³/mol. The van der Waals surface area contributed by atoms with Gasteiger partial charge in [-0.3, -0.25) is 14.4 Å². The summed E-state index contributed by atoms with van der Waals surface area (Å²) < 4.78 is 0. The lowest BCUT2D eigenvalue weighted by Crippen LogP contribution is -2.61. The number of nitrogens with two attached hydrogens (primary N) is 1. The largest absolute Gasteiger partial charge is 0.381 e. The maximum atomic E-state index is 13.7. The minimum absolute atomic E-state index is 0.111. The Morgan fingerprint density at radius 2 is 1.55 bits per heavy atom. The smallest absolute Gasteiger partial charge is 0.315 e. The number of nitrogens with zero attached hydrogens (tertiary/aromatic N) is 1. The topological polar surface area (TPSA) is 154 Å². The van der Waals surface area contributed by atoms with E-state index >= 15 is 0 Å². The zero-order valence-electron chi connectivity index (χ0n) is 21.5. The number of rotatable bonds is 7. The van der Waals surface area contributed by atoms with E-state index in [9.17, 15) is 24.3 Å². The van der Waals surface area contributed by atoms with Crippen molar-refractivity contribution in [3.05, 3.63) is 0 Å². The van der Waals surface area contributed by atoms with Crippen LogP contribution in [0, 0.1) is 17.3 Å². The Morgan fingerprint density at radius 3 is 1.97 bits per heavy atom. The van der Waals surface area contributed by atoms with Crippen molar-refractivity contribution in [3.63, 3.8) is 0 Å². The third-order valence-electron chi connectivity index (χ3n) is 5.86. The van der Waals surface area contributed by atoms with Crippen LogP contribution >= 0.6 is 0 Å². The highest BCUT2D eigenvalue weighted by Crippen LogP contribution is 2.33. The predicted octanol–water partition coefficient (Wildman–Crippen LogP) is 0.723. The molecule has 1 rings (SSSR count). The first-order valence-electron chi connectivity index (χ1n) is 11.5. The molecule has 5 amide bonds. The highest BCUT2D eigenvalue weighted by molar-refractivity contribution is 5.93. The van der Waals surface area contributed by atoms with Gasteiger partial charge in [0, 0.05) is 12.1 Å². The summed E-state index contributed by atoms with van der Waals surface area (Å²) in [6.07, 6.45) is -0.915. The quantitative estimate of drug-likeness (QED) is 0.372. The van der Waals surface area contributed by atoms with E-state index in [0.717, 1.165) is 0 Å². The Balaban J connectivity index is 3.20. The van der Waals surface area contributed by atoms with E-state index in [-0.39, 0.29) is 17.7 Å². The lowest BCUT2D eigenvalue weighted by Gasteiger charge is -2.37. The first kappa shape index (κ1) is 28.7. The highest BCUT2D eigenvalue weighted by atomic mass is 16.3. The maximum absolute atomic E-state index is 13.7. The van der Waals surface area contributed by atoms with Gasteiger partial charge in [0.05, 0.1) is 6.04 Å². The van der Waals surface area contributed by atoms with Crippen LogP contribution in [0.3, 0.4) is 0 Å². The molecule has 10 nitrogen and oxygen atoms in total. The second kappa shape index (κ2) is 10.7. The summed E-state index contributed by atoms with van der Waals surface area (Å²) in [5.74, 6) is -1.75. The molecular formula is C23H43N5O5. The molecule has 0 saturated carbocycles. The van der Waals surface area contributed by atoms with Crippen molar-refractivity contribution in [2.24, 2.45) is 23.0 Å². The first-order chi connectivity index (χ1) is 14.9. The van der Waals surface area contributed by atoms with Crippen LogP contribution in [0.5, 0.6) is 0 Å². The third kappa shape index (κ3) is 7.87. The Labute approximate surface area is 197 Å². The van der Waals surface area contributed by atoms with Crippen LogP contribution in [0.4, 0.5) is 4.79 Å². The second-order valence-corrected chi connectivity index (χ2v) is 11.5. The van der Waals surface area contributed by atoms with Crippen molar-refractivity contribution in [1.82, 2.24) is 20.9 Å². The van der Waals surface area contributed by atoms with Gasteiger partial charge in [-0.2, -0.15) is 0 Å². The lowest BCUT2D eigenvalue weighted by atomic mass is 9.84. The number of primary amides is 1. The van der Waals surface area contributed by atoms with E-state index < -0.39 is 53.0 Å². The van der Waals surface area contributed by atoms with Crippen LogP contribution in [-0.4, -0.2) is 70.1 Å². The first-order valence-corrected chi connectivity index (χ1v) is 11.5. The van der Waals surface area contributed by atoms with Crippen molar-refractivity contribution in [2.45, 2.75) is 98.5 Å². The zero-order chi connectivity index (χ0) is 25.9. The number of aliphatic hydroxyl groups excluding tert-OH is 1. The Bertz CT molecular complexity index is 741. The summed E-state index contributed by atoms with van der Waals surface area (Å²) >= 11 is 0. The Hall–Kier alpha value is -2.36. The van der Waals surface area contributed by atoms with Crippen LogP contribution in [0.1, 0.15) is 68.7 Å². The number of likely N-dealkylation sites (tertiary alicyclic amines) is 1. The van der Waals surface area contributed by atoms with Crippen LogP contribution in [0.15, 0.2) is 0 Å². The molecule has 33 heavy (non-hydrogen) atoms. The fourth-order valence-electron chi connectivity index (χ4n) is 4.05. The van der Waals surface area contributed by atoms with Gasteiger partial charge in [-0.1, -0.05) is 34.6 Å². The van der Waals surface area contributed by atoms with Crippen LogP contribution in [-0.2, 0) is 14.4 Å². The third-order valence-corrected chi connectivity index (χ3v) is 5.86. The van der Waals surface area contributed by atoms with E-state index in [2.05, 4.69) is 16.0 Å². The number of nitrogens with one attached hydrogen (secondary N) is 3. The van der Waals surface area contributed by atoms with Gasteiger partial charge in [-0.15, -0.1) is 0 Å². The summed E-state index contributed by atoms with van der Waals surface area (Å²) in [4.78, 5) is 52.3. The second-order valence-electron chi connectivity index (χ2n) is 11.5.